The fourth-order valence-electron chi connectivity index (χ4n) is 2.62. The summed E-state index contributed by atoms with van der Waals surface area (Å²) in [7, 11) is 0. The average Bonchev–Trinajstić information content (AvgIpc) is 2.49. The summed E-state index contributed by atoms with van der Waals surface area (Å²) in [4.78, 5) is 0. The molecule has 0 heterocycles. The van der Waals surface area contributed by atoms with Gasteiger partial charge in [-0.15, -0.1) is 6.58 Å². The summed E-state index contributed by atoms with van der Waals surface area (Å²) in [6, 6.07) is 25.5. The largest absolute Gasteiger partial charge is 0.102 e. The predicted octanol–water partition coefficient (Wildman–Crippen LogP) is 5.16. The van der Waals surface area contributed by atoms with Crippen LogP contribution < -0.4 is 0 Å². The number of hydrogen-bond donors (Lipinski definition) is 0. The molecule has 0 aliphatic rings. The van der Waals surface area contributed by atoms with Gasteiger partial charge in [-0.3, -0.25) is 0 Å². The third-order valence-electron chi connectivity index (χ3n) is 3.55. The summed E-state index contributed by atoms with van der Waals surface area (Å²) in [5.74, 6) is 0.243. The van der Waals surface area contributed by atoms with Gasteiger partial charge < -0.3 is 0 Å². The lowest BCUT2D eigenvalue weighted by Crippen LogP contribution is -1.98. The molecule has 0 amide bonds. The standard InChI is InChI=1S/C19H16/c1-2-17(15-9-4-3-5-10-15)19-14-8-12-16-11-6-7-13-18(16)19/h2-14,17H,1H2/t17-/m0/s1. The van der Waals surface area contributed by atoms with E-state index in [0.29, 0.717) is 0 Å². The zero-order valence-corrected chi connectivity index (χ0v) is 10.8. The van der Waals surface area contributed by atoms with Gasteiger partial charge in [0.15, 0.2) is 0 Å². The third-order valence-corrected chi connectivity index (χ3v) is 3.55. The van der Waals surface area contributed by atoms with Gasteiger partial charge in [0.05, 0.1) is 0 Å². The smallest absolute Gasteiger partial charge is 0.0273 e. The first-order valence-electron chi connectivity index (χ1n) is 6.55. The van der Waals surface area contributed by atoms with Gasteiger partial charge in [0.2, 0.25) is 0 Å². The molecule has 0 nitrogen and oxygen atoms in total. The molecule has 3 aromatic carbocycles. The number of allylic oxidation sites excluding steroid dienone is 1. The molecule has 92 valence electrons. The minimum Gasteiger partial charge on any atom is -0.102 e. The van der Waals surface area contributed by atoms with Crippen LogP contribution in [0.15, 0.2) is 85.5 Å². The van der Waals surface area contributed by atoms with Crippen LogP contribution >= 0.6 is 0 Å². The van der Waals surface area contributed by atoms with Crippen molar-refractivity contribution in [1.29, 1.82) is 0 Å². The molecular weight excluding hydrogens is 228 g/mol. The Bertz CT molecular complexity index is 690. The Morgan fingerprint density at radius 3 is 2.21 bits per heavy atom. The summed E-state index contributed by atoms with van der Waals surface area (Å²) in [5, 5.41) is 2.58. The first-order valence-corrected chi connectivity index (χ1v) is 6.55. The minimum atomic E-state index is 0.243. The Balaban J connectivity index is 2.20. The van der Waals surface area contributed by atoms with Crippen LogP contribution in [0.2, 0.25) is 0 Å². The Morgan fingerprint density at radius 1 is 0.737 bits per heavy atom. The molecule has 0 saturated carbocycles. The van der Waals surface area contributed by atoms with Crippen molar-refractivity contribution in [3.05, 3.63) is 96.6 Å². The molecule has 0 heteroatoms. The predicted molar refractivity (Wildman–Crippen MR) is 82.4 cm³/mol. The molecule has 0 saturated heterocycles. The highest BCUT2D eigenvalue weighted by molar-refractivity contribution is 5.86. The zero-order chi connectivity index (χ0) is 13.1. The topological polar surface area (TPSA) is 0 Å². The Kier molecular flexibility index (Phi) is 3.16. The Labute approximate surface area is 114 Å². The summed E-state index contributed by atoms with van der Waals surface area (Å²) < 4.78 is 0. The Hall–Kier alpha value is -2.34. The fraction of sp³-hybridized carbons (Fsp3) is 0.0526. The fourth-order valence-corrected chi connectivity index (χ4v) is 2.62. The highest BCUT2D eigenvalue weighted by atomic mass is 14.2. The van der Waals surface area contributed by atoms with E-state index in [2.05, 4.69) is 73.3 Å². The number of benzene rings is 3. The first-order chi connectivity index (χ1) is 9.40. The van der Waals surface area contributed by atoms with Crippen molar-refractivity contribution in [1.82, 2.24) is 0 Å². The summed E-state index contributed by atoms with van der Waals surface area (Å²) in [6.07, 6.45) is 2.02. The van der Waals surface area contributed by atoms with E-state index in [0.717, 1.165) is 0 Å². The van der Waals surface area contributed by atoms with Gasteiger partial charge in [0.25, 0.3) is 0 Å². The summed E-state index contributed by atoms with van der Waals surface area (Å²) >= 11 is 0. The van der Waals surface area contributed by atoms with Gasteiger partial charge in [-0.05, 0) is 21.9 Å². The van der Waals surface area contributed by atoms with Gasteiger partial charge in [0, 0.05) is 5.92 Å². The zero-order valence-electron chi connectivity index (χ0n) is 10.8. The molecule has 1 atom stereocenters. The number of hydrogen-bond acceptors (Lipinski definition) is 0. The van der Waals surface area contributed by atoms with Crippen molar-refractivity contribution in [3.63, 3.8) is 0 Å². The molecule has 19 heavy (non-hydrogen) atoms. The minimum absolute atomic E-state index is 0.243. The maximum Gasteiger partial charge on any atom is 0.0273 e. The lowest BCUT2D eigenvalue weighted by atomic mass is 9.88. The molecule has 0 radical (unpaired) electrons. The van der Waals surface area contributed by atoms with Gasteiger partial charge in [-0.1, -0.05) is 78.9 Å². The van der Waals surface area contributed by atoms with Crippen molar-refractivity contribution in [2.24, 2.45) is 0 Å². The maximum absolute atomic E-state index is 4.02. The monoisotopic (exact) mass is 244 g/mol. The van der Waals surface area contributed by atoms with E-state index in [1.54, 1.807) is 0 Å². The summed E-state index contributed by atoms with van der Waals surface area (Å²) in [5.41, 5.74) is 2.60. The molecule has 0 aliphatic heterocycles. The van der Waals surface area contributed by atoms with Crippen molar-refractivity contribution in [2.45, 2.75) is 5.92 Å². The normalized spacial score (nSPS) is 12.2. The molecule has 0 unspecified atom stereocenters. The van der Waals surface area contributed by atoms with Crippen molar-refractivity contribution in [3.8, 4) is 0 Å². The quantitative estimate of drug-likeness (QED) is 0.558. The van der Waals surface area contributed by atoms with Gasteiger partial charge >= 0.3 is 0 Å². The second-order valence-electron chi connectivity index (χ2n) is 4.69. The van der Waals surface area contributed by atoms with Gasteiger partial charge in [-0.25, -0.2) is 0 Å². The lowest BCUT2D eigenvalue weighted by molar-refractivity contribution is 1.04. The van der Waals surface area contributed by atoms with Crippen LogP contribution in [-0.4, -0.2) is 0 Å². The molecule has 0 spiro atoms. The SMILES string of the molecule is C=C[C@@H](c1ccccc1)c1cccc2ccccc12. The van der Waals surface area contributed by atoms with E-state index in [9.17, 15) is 0 Å². The van der Waals surface area contributed by atoms with Crippen molar-refractivity contribution in [2.75, 3.05) is 0 Å². The highest BCUT2D eigenvalue weighted by Gasteiger charge is 2.12. The van der Waals surface area contributed by atoms with Gasteiger partial charge in [-0.2, -0.15) is 0 Å². The first kappa shape index (κ1) is 11.7. The van der Waals surface area contributed by atoms with Crippen molar-refractivity contribution >= 4 is 10.8 Å². The van der Waals surface area contributed by atoms with Crippen molar-refractivity contribution < 1.29 is 0 Å². The molecular formula is C19H16. The average molecular weight is 244 g/mol. The van der Waals surface area contributed by atoms with Crippen LogP contribution in [0.3, 0.4) is 0 Å². The van der Waals surface area contributed by atoms with Crippen LogP contribution in [0, 0.1) is 0 Å². The lowest BCUT2D eigenvalue weighted by Gasteiger charge is -2.16. The molecule has 3 aromatic rings. The summed E-state index contributed by atoms with van der Waals surface area (Å²) in [6.45, 7) is 4.02. The molecule has 0 fully saturated rings. The second-order valence-corrected chi connectivity index (χ2v) is 4.69. The van der Waals surface area contributed by atoms with E-state index < -0.39 is 0 Å². The molecule has 0 N–H and O–H groups in total. The van der Waals surface area contributed by atoms with Crippen LogP contribution in [0.25, 0.3) is 10.8 Å². The van der Waals surface area contributed by atoms with Gasteiger partial charge in [0.1, 0.15) is 0 Å². The third kappa shape index (κ3) is 2.17. The molecule has 0 aliphatic carbocycles. The molecule has 0 aromatic heterocycles. The van der Waals surface area contributed by atoms with E-state index in [-0.39, 0.29) is 5.92 Å². The highest BCUT2D eigenvalue weighted by Crippen LogP contribution is 2.31. The second kappa shape index (κ2) is 5.11. The van der Waals surface area contributed by atoms with E-state index in [1.807, 2.05) is 12.1 Å². The number of rotatable bonds is 3. The molecule has 3 rings (SSSR count). The van der Waals surface area contributed by atoms with Crippen LogP contribution in [0.1, 0.15) is 17.0 Å². The maximum atomic E-state index is 4.02. The van der Waals surface area contributed by atoms with Crippen LogP contribution in [0.5, 0.6) is 0 Å². The van der Waals surface area contributed by atoms with E-state index in [1.165, 1.54) is 21.9 Å². The van der Waals surface area contributed by atoms with E-state index in [4.69, 9.17) is 0 Å². The number of fused-ring (bicyclic) bond motifs is 1. The molecule has 0 bridgehead atoms. The van der Waals surface area contributed by atoms with Crippen LogP contribution in [-0.2, 0) is 0 Å². The van der Waals surface area contributed by atoms with Crippen LogP contribution in [0.4, 0.5) is 0 Å². The Morgan fingerprint density at radius 2 is 1.42 bits per heavy atom. The van der Waals surface area contributed by atoms with E-state index >= 15 is 0 Å².